The molecule has 0 aliphatic carbocycles. The summed E-state index contributed by atoms with van der Waals surface area (Å²) in [5.74, 6) is 0.559. The number of anilines is 1. The minimum Gasteiger partial charge on any atom is -0.493 e. The third-order valence-electron chi connectivity index (χ3n) is 5.38. The summed E-state index contributed by atoms with van der Waals surface area (Å²) in [6, 6.07) is 11.3. The van der Waals surface area contributed by atoms with E-state index in [-0.39, 0.29) is 11.9 Å². The van der Waals surface area contributed by atoms with Gasteiger partial charge in [0.1, 0.15) is 5.92 Å². The maximum atomic E-state index is 13.3. The van der Waals surface area contributed by atoms with Gasteiger partial charge in [-0.3, -0.25) is 4.79 Å². The van der Waals surface area contributed by atoms with Gasteiger partial charge < -0.3 is 25.4 Å². The van der Waals surface area contributed by atoms with Crippen LogP contribution in [0.5, 0.6) is 11.5 Å². The van der Waals surface area contributed by atoms with E-state index in [0.717, 1.165) is 22.4 Å². The van der Waals surface area contributed by atoms with Crippen molar-refractivity contribution >= 4 is 28.9 Å². The van der Waals surface area contributed by atoms with Crippen LogP contribution >= 0.6 is 12.2 Å². The van der Waals surface area contributed by atoms with Gasteiger partial charge in [-0.15, -0.1) is 0 Å². The number of methoxy groups -OCH3 is 1. The topological polar surface area (TPSA) is 71.6 Å². The summed E-state index contributed by atoms with van der Waals surface area (Å²) in [6.07, 6.45) is 0. The van der Waals surface area contributed by atoms with Crippen molar-refractivity contribution in [3.63, 3.8) is 0 Å². The number of hydrogen-bond acceptors (Lipinski definition) is 4. The lowest BCUT2D eigenvalue weighted by molar-refractivity contribution is -0.132. The predicted octanol–water partition coefficient (Wildman–Crippen LogP) is 3.19. The summed E-state index contributed by atoms with van der Waals surface area (Å²) in [6.45, 7) is 5.85. The Morgan fingerprint density at radius 2 is 2.07 bits per heavy atom. The zero-order chi connectivity index (χ0) is 20.1. The molecule has 1 amide bonds. The number of fused-ring (bicyclic) bond motifs is 4. The maximum absolute atomic E-state index is 13.3. The Morgan fingerprint density at radius 1 is 1.29 bits per heavy atom. The van der Waals surface area contributed by atoms with E-state index in [2.05, 4.69) is 16.0 Å². The van der Waals surface area contributed by atoms with Crippen LogP contribution in [0.3, 0.4) is 0 Å². The predicted molar refractivity (Wildman–Crippen MR) is 112 cm³/mol. The van der Waals surface area contributed by atoms with Gasteiger partial charge in [0.2, 0.25) is 5.91 Å². The normalized spacial score (nSPS) is 24.9. The van der Waals surface area contributed by atoms with E-state index in [1.807, 2.05) is 57.2 Å². The second-order valence-electron chi connectivity index (χ2n) is 7.45. The number of thiocarbonyl (C=S) groups is 1. The molecule has 0 aromatic heterocycles. The number of ether oxygens (including phenoxy) is 2. The van der Waals surface area contributed by atoms with Crippen molar-refractivity contribution in [3.05, 3.63) is 53.1 Å². The molecule has 28 heavy (non-hydrogen) atoms. The van der Waals surface area contributed by atoms with Gasteiger partial charge in [0.25, 0.3) is 0 Å². The van der Waals surface area contributed by atoms with E-state index in [1.54, 1.807) is 7.11 Å². The van der Waals surface area contributed by atoms with E-state index in [1.165, 1.54) is 0 Å². The van der Waals surface area contributed by atoms with Gasteiger partial charge in [0.15, 0.2) is 22.3 Å². The highest BCUT2D eigenvalue weighted by Crippen LogP contribution is 2.48. The average molecular weight is 398 g/mol. The Labute approximate surface area is 169 Å². The van der Waals surface area contributed by atoms with Crippen LogP contribution in [0.4, 0.5) is 5.69 Å². The van der Waals surface area contributed by atoms with Crippen LogP contribution in [0.2, 0.25) is 0 Å². The Hall–Kier alpha value is -2.80. The zero-order valence-electron chi connectivity index (χ0n) is 16.3. The highest BCUT2D eigenvalue weighted by molar-refractivity contribution is 7.80. The highest BCUT2D eigenvalue weighted by Gasteiger charge is 2.55. The summed E-state index contributed by atoms with van der Waals surface area (Å²) in [5, 5.41) is 9.90. The molecule has 2 aromatic carbocycles. The van der Waals surface area contributed by atoms with E-state index in [0.29, 0.717) is 16.6 Å². The number of amides is 1. The number of rotatable bonds is 3. The monoisotopic (exact) mass is 397 g/mol. The fraction of sp³-hybridized carbons (Fsp3) is 0.333. The van der Waals surface area contributed by atoms with Crippen molar-refractivity contribution in [1.29, 1.82) is 0 Å². The molecule has 3 N–H and O–H groups in total. The van der Waals surface area contributed by atoms with E-state index < -0.39 is 11.6 Å². The number of para-hydroxylation sites is 1. The first-order valence-electron chi connectivity index (χ1n) is 9.15. The SMILES string of the molecule is COc1cccc2c1O[C@@]1(C)NC(=S)N[C@H]2[C@@H]1C(=O)Nc1ccc(C)cc1C. The number of carbonyl (C=O) groups excluding carboxylic acids is 1. The lowest BCUT2D eigenvalue weighted by atomic mass is 9.79. The molecule has 146 valence electrons. The lowest BCUT2D eigenvalue weighted by Gasteiger charge is -2.50. The summed E-state index contributed by atoms with van der Waals surface area (Å²) in [5.41, 5.74) is 2.80. The molecule has 4 rings (SSSR count). The third-order valence-corrected chi connectivity index (χ3v) is 5.60. The Morgan fingerprint density at radius 3 is 2.79 bits per heavy atom. The van der Waals surface area contributed by atoms with Gasteiger partial charge in [0.05, 0.1) is 13.2 Å². The first-order valence-corrected chi connectivity index (χ1v) is 9.56. The van der Waals surface area contributed by atoms with Crippen LogP contribution in [0.15, 0.2) is 36.4 Å². The molecule has 2 heterocycles. The third kappa shape index (κ3) is 2.96. The Balaban J connectivity index is 1.74. The number of aryl methyl sites for hydroxylation is 2. The van der Waals surface area contributed by atoms with Crippen LogP contribution in [0, 0.1) is 19.8 Å². The zero-order valence-corrected chi connectivity index (χ0v) is 17.1. The summed E-state index contributed by atoms with van der Waals surface area (Å²) in [7, 11) is 1.60. The fourth-order valence-corrected chi connectivity index (χ4v) is 4.38. The molecule has 0 spiro atoms. The molecule has 0 saturated carbocycles. The molecule has 1 saturated heterocycles. The molecule has 3 atom stereocenters. The van der Waals surface area contributed by atoms with Crippen molar-refractivity contribution in [2.24, 2.45) is 5.92 Å². The number of hydrogen-bond donors (Lipinski definition) is 3. The van der Waals surface area contributed by atoms with Gasteiger partial charge in [-0.1, -0.05) is 29.8 Å². The standard InChI is InChI=1S/C21H23N3O3S/c1-11-8-9-14(12(2)10-11)22-19(25)16-17-13-6-5-7-15(26-4)18(13)27-21(16,3)24-20(28)23-17/h5-10,16-17H,1-4H3,(H,22,25)(H2,23,24,28)/t16-,17-,21-/m1/s1. The first kappa shape index (κ1) is 18.6. The Bertz CT molecular complexity index is 977. The summed E-state index contributed by atoms with van der Waals surface area (Å²) >= 11 is 5.36. The van der Waals surface area contributed by atoms with Crippen LogP contribution in [-0.2, 0) is 4.79 Å². The van der Waals surface area contributed by atoms with Crippen LogP contribution in [0.1, 0.15) is 29.7 Å². The summed E-state index contributed by atoms with van der Waals surface area (Å²) in [4.78, 5) is 13.3. The van der Waals surface area contributed by atoms with E-state index in [4.69, 9.17) is 21.7 Å². The van der Waals surface area contributed by atoms with Gasteiger partial charge in [-0.25, -0.2) is 0 Å². The summed E-state index contributed by atoms with van der Waals surface area (Å²) < 4.78 is 11.7. The molecular weight excluding hydrogens is 374 g/mol. The minimum absolute atomic E-state index is 0.143. The maximum Gasteiger partial charge on any atom is 0.236 e. The number of benzene rings is 2. The van der Waals surface area contributed by atoms with E-state index >= 15 is 0 Å². The average Bonchev–Trinajstić information content (AvgIpc) is 2.62. The van der Waals surface area contributed by atoms with Crippen molar-refractivity contribution in [2.75, 3.05) is 12.4 Å². The molecule has 0 unspecified atom stereocenters. The van der Waals surface area contributed by atoms with Crippen LogP contribution in [0.25, 0.3) is 0 Å². The molecule has 0 radical (unpaired) electrons. The van der Waals surface area contributed by atoms with Crippen molar-refractivity contribution in [3.8, 4) is 11.5 Å². The van der Waals surface area contributed by atoms with Gasteiger partial charge in [-0.05, 0) is 50.7 Å². The van der Waals surface area contributed by atoms with Crippen molar-refractivity contribution < 1.29 is 14.3 Å². The molecule has 2 aliphatic heterocycles. The second-order valence-corrected chi connectivity index (χ2v) is 7.86. The second kappa shape index (κ2) is 6.67. The molecule has 1 fully saturated rings. The molecule has 2 aliphatic rings. The number of nitrogens with one attached hydrogen (secondary N) is 3. The van der Waals surface area contributed by atoms with Crippen molar-refractivity contribution in [1.82, 2.24) is 10.6 Å². The van der Waals surface area contributed by atoms with Gasteiger partial charge in [-0.2, -0.15) is 0 Å². The van der Waals surface area contributed by atoms with Crippen LogP contribution < -0.4 is 25.4 Å². The van der Waals surface area contributed by atoms with E-state index in [9.17, 15) is 4.79 Å². The van der Waals surface area contributed by atoms with Crippen LogP contribution in [-0.4, -0.2) is 23.9 Å². The molecular formula is C21H23N3O3S. The highest BCUT2D eigenvalue weighted by atomic mass is 32.1. The first-order chi connectivity index (χ1) is 13.3. The van der Waals surface area contributed by atoms with Gasteiger partial charge in [0, 0.05) is 11.3 Å². The Kier molecular flexibility index (Phi) is 4.42. The lowest BCUT2D eigenvalue weighted by Crippen LogP contribution is -2.70. The number of carbonyl (C=O) groups is 1. The molecule has 6 nitrogen and oxygen atoms in total. The van der Waals surface area contributed by atoms with Gasteiger partial charge >= 0.3 is 0 Å². The molecule has 2 bridgehead atoms. The molecule has 7 heteroatoms. The quantitative estimate of drug-likeness (QED) is 0.691. The largest absolute Gasteiger partial charge is 0.493 e. The fourth-order valence-electron chi connectivity index (χ4n) is 4.05. The van der Waals surface area contributed by atoms with Crippen molar-refractivity contribution in [2.45, 2.75) is 32.5 Å². The molecule has 2 aromatic rings. The minimum atomic E-state index is -1.00. The smallest absolute Gasteiger partial charge is 0.236 e.